The van der Waals surface area contributed by atoms with E-state index in [-0.39, 0.29) is 11.4 Å². The van der Waals surface area contributed by atoms with E-state index in [4.69, 9.17) is 5.84 Å². The number of nitrogens with two attached hydrogens (primary N) is 1. The molecule has 1 aromatic rings. The Morgan fingerprint density at radius 3 is 2.95 bits per heavy atom. The van der Waals surface area contributed by atoms with Gasteiger partial charge in [0, 0.05) is 12.7 Å². The summed E-state index contributed by atoms with van der Waals surface area (Å²) in [6.45, 7) is 0.542. The topological polar surface area (TPSA) is 80.0 Å². The zero-order valence-corrected chi connectivity index (χ0v) is 11.7. The molecule has 0 bridgehead atoms. The fourth-order valence-corrected chi connectivity index (χ4v) is 2.06. The number of pyridine rings is 1. The minimum absolute atomic E-state index is 0.0490. The molecule has 1 amide bonds. The van der Waals surface area contributed by atoms with E-state index >= 15 is 0 Å². The van der Waals surface area contributed by atoms with Gasteiger partial charge in [-0.05, 0) is 30.9 Å². The monoisotopic (exact) mass is 286 g/mol. The summed E-state index contributed by atoms with van der Waals surface area (Å²) < 4.78 is 13.7. The van der Waals surface area contributed by atoms with Crippen LogP contribution in [0.25, 0.3) is 0 Å². The molecule has 1 aromatic heterocycles. The maximum absolute atomic E-state index is 13.7. The number of amides is 1. The molecule has 0 radical (unpaired) electrons. The van der Waals surface area contributed by atoms with Crippen molar-refractivity contribution >= 4 is 23.5 Å². The van der Waals surface area contributed by atoms with Gasteiger partial charge in [-0.1, -0.05) is 6.42 Å². The number of unbranched alkanes of at least 4 members (excludes halogenated alkanes) is 2. The van der Waals surface area contributed by atoms with E-state index < -0.39 is 11.7 Å². The Morgan fingerprint density at radius 1 is 1.47 bits per heavy atom. The van der Waals surface area contributed by atoms with Gasteiger partial charge in [0.05, 0.1) is 5.56 Å². The highest BCUT2D eigenvalue weighted by Crippen LogP contribution is 2.13. The Hall–Kier alpha value is -1.34. The van der Waals surface area contributed by atoms with Crippen LogP contribution < -0.4 is 16.6 Å². The van der Waals surface area contributed by atoms with Crippen molar-refractivity contribution in [2.24, 2.45) is 5.84 Å². The maximum atomic E-state index is 13.7. The van der Waals surface area contributed by atoms with Crippen LogP contribution >= 0.6 is 11.8 Å². The van der Waals surface area contributed by atoms with E-state index in [1.807, 2.05) is 0 Å². The lowest BCUT2D eigenvalue weighted by molar-refractivity contribution is 0.0949. The van der Waals surface area contributed by atoms with E-state index in [0.29, 0.717) is 6.54 Å². The van der Waals surface area contributed by atoms with E-state index in [2.05, 4.69) is 22.0 Å². The molecule has 0 saturated carbocycles. The minimum atomic E-state index is -0.732. The van der Waals surface area contributed by atoms with Gasteiger partial charge in [-0.15, -0.1) is 0 Å². The molecule has 0 atom stereocenters. The van der Waals surface area contributed by atoms with Crippen LogP contribution in [-0.2, 0) is 0 Å². The number of nitrogen functional groups attached to an aromatic ring is 1. The van der Waals surface area contributed by atoms with Crippen molar-refractivity contribution in [2.75, 3.05) is 24.0 Å². The number of nitrogens with zero attached hydrogens (tertiary/aromatic N) is 1. The molecular formula is C12H19FN4OS. The normalized spacial score (nSPS) is 10.3. The zero-order chi connectivity index (χ0) is 14.1. The van der Waals surface area contributed by atoms with Crippen molar-refractivity contribution < 1.29 is 9.18 Å². The number of carbonyl (C=O) groups excluding carboxylic acids is 1. The summed E-state index contributed by atoms with van der Waals surface area (Å²) in [4.78, 5) is 15.4. The fourth-order valence-electron chi connectivity index (χ4n) is 1.57. The second kappa shape index (κ2) is 8.71. The molecule has 0 aromatic carbocycles. The first-order valence-corrected chi connectivity index (χ1v) is 7.48. The van der Waals surface area contributed by atoms with Gasteiger partial charge in [-0.2, -0.15) is 11.8 Å². The van der Waals surface area contributed by atoms with Crippen LogP contribution in [0.5, 0.6) is 0 Å². The molecule has 0 aliphatic heterocycles. The first kappa shape index (κ1) is 15.7. The molecule has 1 rings (SSSR count). The predicted molar refractivity (Wildman–Crippen MR) is 76.6 cm³/mol. The van der Waals surface area contributed by atoms with Gasteiger partial charge in [0.15, 0.2) is 11.6 Å². The number of hydrazine groups is 1. The first-order chi connectivity index (χ1) is 9.20. The molecule has 4 N–H and O–H groups in total. The summed E-state index contributed by atoms with van der Waals surface area (Å²) in [7, 11) is 0. The van der Waals surface area contributed by atoms with Gasteiger partial charge in [-0.3, -0.25) is 4.79 Å². The summed E-state index contributed by atoms with van der Waals surface area (Å²) >= 11 is 1.81. The highest BCUT2D eigenvalue weighted by atomic mass is 32.2. The number of nitrogens with one attached hydrogen (secondary N) is 2. The second-order valence-electron chi connectivity index (χ2n) is 3.97. The first-order valence-electron chi connectivity index (χ1n) is 6.09. The molecule has 7 heteroatoms. The molecule has 5 nitrogen and oxygen atoms in total. The number of anilines is 1. The summed E-state index contributed by atoms with van der Waals surface area (Å²) in [5.74, 6) is 4.92. The van der Waals surface area contributed by atoms with Gasteiger partial charge < -0.3 is 10.7 Å². The van der Waals surface area contributed by atoms with Crippen LogP contribution in [0.15, 0.2) is 12.3 Å². The zero-order valence-electron chi connectivity index (χ0n) is 10.9. The number of hydrogen-bond acceptors (Lipinski definition) is 5. The van der Waals surface area contributed by atoms with E-state index in [9.17, 15) is 9.18 Å². The van der Waals surface area contributed by atoms with Crippen LogP contribution in [0.4, 0.5) is 10.2 Å². The molecule has 0 spiro atoms. The number of rotatable bonds is 8. The standard InChI is InChI=1S/C12H19FN4OS/c1-19-8-4-2-3-6-16-12(18)9-5-7-15-11(17-14)10(9)13/h5,7H,2-4,6,8,14H2,1H3,(H,15,17)(H,16,18). The van der Waals surface area contributed by atoms with E-state index in [1.165, 1.54) is 12.3 Å². The Labute approximate surface area is 116 Å². The summed E-state index contributed by atoms with van der Waals surface area (Å²) in [5, 5.41) is 2.69. The van der Waals surface area contributed by atoms with Crippen molar-refractivity contribution in [1.82, 2.24) is 10.3 Å². The Bertz CT molecular complexity index is 417. The Kier molecular flexibility index (Phi) is 7.20. The molecule has 0 saturated heterocycles. The van der Waals surface area contributed by atoms with Crippen LogP contribution in [0, 0.1) is 5.82 Å². The van der Waals surface area contributed by atoms with Crippen LogP contribution in [-0.4, -0.2) is 29.4 Å². The average Bonchev–Trinajstić information content (AvgIpc) is 2.42. The molecule has 19 heavy (non-hydrogen) atoms. The number of carbonyl (C=O) groups is 1. The molecule has 106 valence electrons. The second-order valence-corrected chi connectivity index (χ2v) is 4.96. The minimum Gasteiger partial charge on any atom is -0.352 e. The van der Waals surface area contributed by atoms with Crippen molar-refractivity contribution in [3.8, 4) is 0 Å². The highest BCUT2D eigenvalue weighted by molar-refractivity contribution is 7.98. The third kappa shape index (κ3) is 5.04. The Balaban J connectivity index is 2.41. The number of thioether (sulfide) groups is 1. The van der Waals surface area contributed by atoms with Gasteiger partial charge in [0.25, 0.3) is 5.91 Å². The predicted octanol–water partition coefficient (Wildman–Crippen LogP) is 1.77. The lowest BCUT2D eigenvalue weighted by Gasteiger charge is -2.08. The Morgan fingerprint density at radius 2 is 2.26 bits per heavy atom. The molecule has 1 heterocycles. The lowest BCUT2D eigenvalue weighted by Crippen LogP contribution is -2.26. The number of halogens is 1. The third-order valence-electron chi connectivity index (χ3n) is 2.58. The van der Waals surface area contributed by atoms with Crippen molar-refractivity contribution in [2.45, 2.75) is 19.3 Å². The van der Waals surface area contributed by atoms with Gasteiger partial charge in [0.2, 0.25) is 0 Å². The van der Waals surface area contributed by atoms with Gasteiger partial charge in [-0.25, -0.2) is 15.2 Å². The summed E-state index contributed by atoms with van der Waals surface area (Å²) in [6.07, 6.45) is 6.47. The molecular weight excluding hydrogens is 267 g/mol. The summed E-state index contributed by atoms with van der Waals surface area (Å²) in [6, 6.07) is 1.33. The SMILES string of the molecule is CSCCCCCNC(=O)c1ccnc(NN)c1F. The molecule has 0 aliphatic rings. The molecule has 0 unspecified atom stereocenters. The average molecular weight is 286 g/mol. The van der Waals surface area contributed by atoms with Crippen molar-refractivity contribution in [1.29, 1.82) is 0 Å². The molecule has 0 fully saturated rings. The van der Waals surface area contributed by atoms with Gasteiger partial charge >= 0.3 is 0 Å². The van der Waals surface area contributed by atoms with Crippen LogP contribution in [0.1, 0.15) is 29.6 Å². The number of hydrogen-bond donors (Lipinski definition) is 3. The number of aromatic nitrogens is 1. The third-order valence-corrected chi connectivity index (χ3v) is 3.28. The van der Waals surface area contributed by atoms with Crippen LogP contribution in [0.2, 0.25) is 0 Å². The van der Waals surface area contributed by atoms with Gasteiger partial charge in [0.1, 0.15) is 0 Å². The van der Waals surface area contributed by atoms with Crippen LogP contribution in [0.3, 0.4) is 0 Å². The smallest absolute Gasteiger partial charge is 0.254 e. The summed E-state index contributed by atoms with van der Waals surface area (Å²) in [5.41, 5.74) is 2.06. The molecule has 0 aliphatic carbocycles. The maximum Gasteiger partial charge on any atom is 0.254 e. The van der Waals surface area contributed by atoms with E-state index in [1.54, 1.807) is 11.8 Å². The lowest BCUT2D eigenvalue weighted by atomic mass is 10.2. The van der Waals surface area contributed by atoms with Crippen molar-refractivity contribution in [3.05, 3.63) is 23.6 Å². The fraction of sp³-hybridized carbons (Fsp3) is 0.500. The van der Waals surface area contributed by atoms with E-state index in [0.717, 1.165) is 25.0 Å². The van der Waals surface area contributed by atoms with Crippen molar-refractivity contribution in [3.63, 3.8) is 0 Å². The highest BCUT2D eigenvalue weighted by Gasteiger charge is 2.14. The largest absolute Gasteiger partial charge is 0.352 e. The quantitative estimate of drug-likeness (QED) is 0.385.